The highest BCUT2D eigenvalue weighted by molar-refractivity contribution is 7.92. The molecule has 0 radical (unpaired) electrons. The number of halogens is 1. The van der Waals surface area contributed by atoms with Crippen LogP contribution in [0.5, 0.6) is 0 Å². The van der Waals surface area contributed by atoms with Crippen LogP contribution >= 0.6 is 0 Å². The smallest absolute Gasteiger partial charge is 0.262 e. The van der Waals surface area contributed by atoms with E-state index in [2.05, 4.69) is 10.0 Å². The number of benzene rings is 3. The fourth-order valence-electron chi connectivity index (χ4n) is 3.32. The molecule has 162 valence electrons. The minimum atomic E-state index is -4.07. The number of hydrogen-bond donors (Lipinski definition) is 2. The van der Waals surface area contributed by atoms with Gasteiger partial charge in [-0.1, -0.05) is 56.3 Å². The molecule has 0 heterocycles. The van der Waals surface area contributed by atoms with Crippen molar-refractivity contribution in [2.24, 2.45) is 5.92 Å². The third kappa shape index (κ3) is 5.30. The molecule has 0 aliphatic carbocycles. The number of carbonyl (C=O) groups is 1. The van der Waals surface area contributed by atoms with Gasteiger partial charge in [-0.05, 0) is 54.3 Å². The van der Waals surface area contributed by atoms with Crippen LogP contribution < -0.4 is 10.0 Å². The maximum atomic E-state index is 13.9. The lowest BCUT2D eigenvalue weighted by Gasteiger charge is -2.24. The van der Waals surface area contributed by atoms with Crippen LogP contribution in [0, 0.1) is 18.7 Å². The van der Waals surface area contributed by atoms with E-state index in [9.17, 15) is 17.6 Å². The summed E-state index contributed by atoms with van der Waals surface area (Å²) in [7, 11) is -4.07. The molecule has 3 rings (SSSR count). The molecule has 1 atom stereocenters. The highest BCUT2D eigenvalue weighted by atomic mass is 32.2. The molecule has 0 aliphatic rings. The predicted molar refractivity (Wildman–Crippen MR) is 120 cm³/mol. The van der Waals surface area contributed by atoms with E-state index < -0.39 is 15.8 Å². The summed E-state index contributed by atoms with van der Waals surface area (Å²) in [6, 6.07) is 18.8. The second-order valence-corrected chi connectivity index (χ2v) is 9.35. The summed E-state index contributed by atoms with van der Waals surface area (Å²) in [6.07, 6.45) is 0. The molecule has 3 aromatic rings. The normalized spacial score (nSPS) is 12.4. The maximum absolute atomic E-state index is 13.9. The van der Waals surface area contributed by atoms with Crippen LogP contribution in [0.3, 0.4) is 0 Å². The summed E-state index contributed by atoms with van der Waals surface area (Å²) in [5.74, 6) is -0.942. The van der Waals surface area contributed by atoms with Crippen molar-refractivity contribution >= 4 is 21.6 Å². The maximum Gasteiger partial charge on any atom is 0.262 e. The molecule has 0 saturated carbocycles. The summed E-state index contributed by atoms with van der Waals surface area (Å²) in [4.78, 5) is 12.8. The number of rotatable bonds is 7. The van der Waals surface area contributed by atoms with Gasteiger partial charge in [0.05, 0.1) is 16.6 Å². The lowest BCUT2D eigenvalue weighted by Crippen LogP contribution is -2.32. The first-order valence-corrected chi connectivity index (χ1v) is 11.4. The minimum Gasteiger partial charge on any atom is -0.345 e. The Bertz CT molecular complexity index is 1190. The van der Waals surface area contributed by atoms with Gasteiger partial charge in [-0.2, -0.15) is 0 Å². The summed E-state index contributed by atoms with van der Waals surface area (Å²) in [6.45, 7) is 6.01. The van der Waals surface area contributed by atoms with E-state index in [4.69, 9.17) is 0 Å². The first-order valence-electron chi connectivity index (χ1n) is 9.93. The largest absolute Gasteiger partial charge is 0.345 e. The molecule has 7 heteroatoms. The van der Waals surface area contributed by atoms with Gasteiger partial charge in [0.15, 0.2) is 0 Å². The molecule has 0 aliphatic heterocycles. The third-order valence-corrected chi connectivity index (χ3v) is 6.36. The van der Waals surface area contributed by atoms with Gasteiger partial charge < -0.3 is 5.32 Å². The Labute approximate surface area is 182 Å². The quantitative estimate of drug-likeness (QED) is 0.539. The van der Waals surface area contributed by atoms with Crippen molar-refractivity contribution in [3.05, 3.63) is 95.3 Å². The highest BCUT2D eigenvalue weighted by Crippen LogP contribution is 2.25. The zero-order valence-electron chi connectivity index (χ0n) is 17.6. The second-order valence-electron chi connectivity index (χ2n) is 7.66. The molecule has 0 spiro atoms. The average molecular weight is 441 g/mol. The van der Waals surface area contributed by atoms with E-state index >= 15 is 0 Å². The van der Waals surface area contributed by atoms with Crippen molar-refractivity contribution in [3.63, 3.8) is 0 Å². The number of para-hydroxylation sites is 1. The number of hydrogen-bond acceptors (Lipinski definition) is 3. The Morgan fingerprint density at radius 2 is 1.61 bits per heavy atom. The van der Waals surface area contributed by atoms with Gasteiger partial charge in [0, 0.05) is 5.56 Å². The second kappa shape index (κ2) is 9.31. The highest BCUT2D eigenvalue weighted by Gasteiger charge is 2.22. The van der Waals surface area contributed by atoms with Gasteiger partial charge in [0.2, 0.25) is 0 Å². The first kappa shape index (κ1) is 22.5. The van der Waals surface area contributed by atoms with Gasteiger partial charge in [-0.15, -0.1) is 0 Å². The molecular weight excluding hydrogens is 415 g/mol. The van der Waals surface area contributed by atoms with Crippen molar-refractivity contribution in [3.8, 4) is 0 Å². The third-order valence-electron chi connectivity index (χ3n) is 5.00. The van der Waals surface area contributed by atoms with Crippen LogP contribution in [0.15, 0.2) is 77.7 Å². The Balaban J connectivity index is 1.86. The summed E-state index contributed by atoms with van der Waals surface area (Å²) >= 11 is 0. The topological polar surface area (TPSA) is 75.3 Å². The predicted octanol–water partition coefficient (Wildman–Crippen LogP) is 5.06. The molecule has 0 fully saturated rings. The number of nitrogens with one attached hydrogen (secondary N) is 2. The molecule has 2 N–H and O–H groups in total. The molecule has 0 aromatic heterocycles. The fraction of sp³-hybridized carbons (Fsp3) is 0.208. The zero-order valence-corrected chi connectivity index (χ0v) is 18.4. The van der Waals surface area contributed by atoms with Gasteiger partial charge in [-0.3, -0.25) is 9.52 Å². The standard InChI is InChI=1S/C24H25FN2O3S/c1-16(2)23(20-12-5-4-9-17(20)3)26-24(28)18-10-8-11-19(15-18)31(29,30)27-22-14-7-6-13-21(22)25/h4-16,23,27H,1-3H3,(H,26,28)/t23-/m1/s1. The zero-order chi connectivity index (χ0) is 22.6. The van der Waals surface area contributed by atoms with Gasteiger partial charge in [-0.25, -0.2) is 12.8 Å². The molecule has 0 unspecified atom stereocenters. The fourth-order valence-corrected chi connectivity index (χ4v) is 4.43. The molecular formula is C24H25FN2O3S. The molecule has 5 nitrogen and oxygen atoms in total. The van der Waals surface area contributed by atoms with E-state index in [1.807, 2.05) is 45.0 Å². The van der Waals surface area contributed by atoms with Crippen LogP contribution in [0.25, 0.3) is 0 Å². The monoisotopic (exact) mass is 440 g/mol. The number of aryl methyl sites for hydroxylation is 1. The van der Waals surface area contributed by atoms with Crippen molar-refractivity contribution < 1.29 is 17.6 Å². The van der Waals surface area contributed by atoms with Gasteiger partial charge in [0.1, 0.15) is 5.82 Å². The summed E-state index contributed by atoms with van der Waals surface area (Å²) in [5.41, 5.74) is 2.12. The Kier molecular flexibility index (Phi) is 6.75. The van der Waals surface area contributed by atoms with E-state index in [1.54, 1.807) is 6.07 Å². The lowest BCUT2D eigenvalue weighted by molar-refractivity contribution is 0.0925. The van der Waals surface area contributed by atoms with E-state index in [0.29, 0.717) is 0 Å². The lowest BCUT2D eigenvalue weighted by atomic mass is 9.92. The van der Waals surface area contributed by atoms with Gasteiger partial charge >= 0.3 is 0 Å². The number of amides is 1. The molecule has 31 heavy (non-hydrogen) atoms. The van der Waals surface area contributed by atoms with E-state index in [0.717, 1.165) is 11.1 Å². The van der Waals surface area contributed by atoms with Gasteiger partial charge in [0.25, 0.3) is 15.9 Å². The van der Waals surface area contributed by atoms with Crippen LogP contribution in [0.1, 0.15) is 41.4 Å². The Morgan fingerprint density at radius 1 is 0.935 bits per heavy atom. The van der Waals surface area contributed by atoms with Crippen LogP contribution in [-0.4, -0.2) is 14.3 Å². The molecule has 3 aromatic carbocycles. The number of carbonyl (C=O) groups excluding carboxylic acids is 1. The summed E-state index contributed by atoms with van der Waals surface area (Å²) < 4.78 is 41.5. The number of anilines is 1. The van der Waals surface area contributed by atoms with Crippen molar-refractivity contribution in [1.29, 1.82) is 0 Å². The van der Waals surface area contributed by atoms with Crippen LogP contribution in [0.2, 0.25) is 0 Å². The van der Waals surface area contributed by atoms with E-state index in [-0.39, 0.29) is 34.0 Å². The molecule has 0 saturated heterocycles. The van der Waals surface area contributed by atoms with Crippen molar-refractivity contribution in [1.82, 2.24) is 5.32 Å². The first-order chi connectivity index (χ1) is 14.7. The molecule has 0 bridgehead atoms. The van der Waals surface area contributed by atoms with E-state index in [1.165, 1.54) is 42.5 Å². The van der Waals surface area contributed by atoms with Crippen LogP contribution in [0.4, 0.5) is 10.1 Å². The minimum absolute atomic E-state index is 0.125. The number of sulfonamides is 1. The SMILES string of the molecule is Cc1ccccc1[C@H](NC(=O)c1cccc(S(=O)(=O)Nc2ccccc2F)c1)C(C)C. The Hall–Kier alpha value is -3.19. The summed E-state index contributed by atoms with van der Waals surface area (Å²) in [5, 5.41) is 3.01. The van der Waals surface area contributed by atoms with Crippen molar-refractivity contribution in [2.75, 3.05) is 4.72 Å². The molecule has 1 amide bonds. The van der Waals surface area contributed by atoms with Crippen molar-refractivity contribution in [2.45, 2.75) is 31.7 Å². The average Bonchev–Trinajstić information content (AvgIpc) is 2.74. The Morgan fingerprint density at radius 3 is 2.29 bits per heavy atom. The van der Waals surface area contributed by atoms with Crippen LogP contribution in [-0.2, 0) is 10.0 Å².